The van der Waals surface area contributed by atoms with Crippen molar-refractivity contribution in [1.29, 1.82) is 0 Å². The van der Waals surface area contributed by atoms with Crippen LogP contribution in [0.2, 0.25) is 0 Å². The van der Waals surface area contributed by atoms with E-state index >= 15 is 0 Å². The van der Waals surface area contributed by atoms with E-state index in [0.29, 0.717) is 18.5 Å². The number of nitrogens with one attached hydrogen (secondary N) is 1. The number of aliphatic imine (C=N–C) groups is 1. The molecule has 0 bridgehead atoms. The first-order chi connectivity index (χ1) is 9.28. The Balaban J connectivity index is 1.82. The second-order valence-corrected chi connectivity index (χ2v) is 5.91. The number of guanidine groups is 1. The topological polar surface area (TPSA) is 50.4 Å². The molecule has 1 aromatic carbocycles. The Kier molecular flexibility index (Phi) is 5.58. The van der Waals surface area contributed by atoms with Crippen molar-refractivity contribution in [1.82, 2.24) is 5.32 Å². The minimum atomic E-state index is 0.524. The van der Waals surface area contributed by atoms with Gasteiger partial charge in [-0.25, -0.2) is 4.99 Å². The highest BCUT2D eigenvalue weighted by molar-refractivity contribution is 7.98. The highest BCUT2D eigenvalue weighted by atomic mass is 32.2. The van der Waals surface area contributed by atoms with Crippen molar-refractivity contribution in [3.63, 3.8) is 0 Å². The van der Waals surface area contributed by atoms with Crippen LogP contribution >= 0.6 is 11.8 Å². The molecule has 0 aliphatic heterocycles. The van der Waals surface area contributed by atoms with Crippen LogP contribution in [0.4, 0.5) is 0 Å². The molecular formula is C15H23N3S. The van der Waals surface area contributed by atoms with E-state index in [1.807, 2.05) is 0 Å². The van der Waals surface area contributed by atoms with Crippen LogP contribution in [0.5, 0.6) is 0 Å². The summed E-state index contributed by atoms with van der Waals surface area (Å²) in [5.74, 6) is 0.584. The number of thioether (sulfide) groups is 1. The maximum atomic E-state index is 5.94. The van der Waals surface area contributed by atoms with Crippen LogP contribution in [0.25, 0.3) is 0 Å². The molecule has 0 spiro atoms. The summed E-state index contributed by atoms with van der Waals surface area (Å²) in [6.07, 6.45) is 8.50. The van der Waals surface area contributed by atoms with E-state index < -0.39 is 0 Å². The molecule has 3 nitrogen and oxygen atoms in total. The molecule has 0 heterocycles. The normalized spacial score (nSPS) is 17.4. The molecule has 19 heavy (non-hydrogen) atoms. The minimum Gasteiger partial charge on any atom is -0.370 e. The van der Waals surface area contributed by atoms with Gasteiger partial charge in [0.05, 0.1) is 6.54 Å². The predicted molar refractivity (Wildman–Crippen MR) is 83.6 cm³/mol. The van der Waals surface area contributed by atoms with E-state index in [9.17, 15) is 0 Å². The van der Waals surface area contributed by atoms with Crippen molar-refractivity contribution in [3.8, 4) is 0 Å². The van der Waals surface area contributed by atoms with Gasteiger partial charge in [0, 0.05) is 10.9 Å². The lowest BCUT2D eigenvalue weighted by molar-refractivity contribution is 0.412. The van der Waals surface area contributed by atoms with Gasteiger partial charge in [-0.15, -0.1) is 11.8 Å². The molecule has 0 atom stereocenters. The Hall–Kier alpha value is -1.16. The Morgan fingerprint density at radius 3 is 2.58 bits per heavy atom. The summed E-state index contributed by atoms with van der Waals surface area (Å²) in [5, 5.41) is 3.34. The standard InChI is InChI=1S/C15H23N3S/c1-19-14-9-7-12(8-10-14)11-17-15(16)18-13-5-3-2-4-6-13/h7-10,13H,2-6,11H2,1H3,(H3,16,17,18). The Bertz CT molecular complexity index is 408. The number of hydrogen-bond acceptors (Lipinski definition) is 2. The van der Waals surface area contributed by atoms with Crippen LogP contribution in [0.3, 0.4) is 0 Å². The third-order valence-electron chi connectivity index (χ3n) is 3.55. The van der Waals surface area contributed by atoms with Crippen LogP contribution in [-0.2, 0) is 6.54 Å². The van der Waals surface area contributed by atoms with Crippen LogP contribution in [-0.4, -0.2) is 18.3 Å². The average molecular weight is 277 g/mol. The second-order valence-electron chi connectivity index (χ2n) is 5.03. The van der Waals surface area contributed by atoms with E-state index in [1.54, 1.807) is 11.8 Å². The van der Waals surface area contributed by atoms with E-state index in [1.165, 1.54) is 42.6 Å². The molecule has 4 heteroatoms. The maximum Gasteiger partial charge on any atom is 0.189 e. The van der Waals surface area contributed by atoms with Crippen molar-refractivity contribution in [2.75, 3.05) is 6.26 Å². The van der Waals surface area contributed by atoms with E-state index in [0.717, 1.165) is 0 Å². The molecule has 1 aliphatic rings. The summed E-state index contributed by atoms with van der Waals surface area (Å²) >= 11 is 1.75. The lowest BCUT2D eigenvalue weighted by atomic mass is 9.96. The summed E-state index contributed by atoms with van der Waals surface area (Å²) < 4.78 is 0. The summed E-state index contributed by atoms with van der Waals surface area (Å²) in [4.78, 5) is 5.70. The first kappa shape index (κ1) is 14.3. The van der Waals surface area contributed by atoms with Crippen LogP contribution in [0, 0.1) is 0 Å². The predicted octanol–water partition coefficient (Wildman–Crippen LogP) is 3.15. The first-order valence-electron chi connectivity index (χ1n) is 6.97. The molecule has 1 saturated carbocycles. The van der Waals surface area contributed by atoms with Crippen LogP contribution in [0.15, 0.2) is 34.2 Å². The lowest BCUT2D eigenvalue weighted by Crippen LogP contribution is -2.41. The van der Waals surface area contributed by atoms with Crippen molar-refractivity contribution in [2.45, 2.75) is 49.6 Å². The summed E-state index contributed by atoms with van der Waals surface area (Å²) in [6, 6.07) is 9.00. The smallest absolute Gasteiger partial charge is 0.189 e. The third kappa shape index (κ3) is 4.78. The zero-order valence-electron chi connectivity index (χ0n) is 11.6. The highest BCUT2D eigenvalue weighted by Gasteiger charge is 2.13. The number of nitrogens with two attached hydrogens (primary N) is 1. The highest BCUT2D eigenvalue weighted by Crippen LogP contribution is 2.17. The van der Waals surface area contributed by atoms with Crippen LogP contribution in [0.1, 0.15) is 37.7 Å². The molecule has 0 unspecified atom stereocenters. The molecule has 1 aliphatic carbocycles. The fourth-order valence-electron chi connectivity index (χ4n) is 2.41. The van der Waals surface area contributed by atoms with Crippen molar-refractivity contribution in [3.05, 3.63) is 29.8 Å². The molecule has 2 rings (SSSR count). The lowest BCUT2D eigenvalue weighted by Gasteiger charge is -2.23. The third-order valence-corrected chi connectivity index (χ3v) is 4.29. The number of hydrogen-bond donors (Lipinski definition) is 2. The number of benzene rings is 1. The Morgan fingerprint density at radius 2 is 1.95 bits per heavy atom. The number of rotatable bonds is 4. The van der Waals surface area contributed by atoms with E-state index in [4.69, 9.17) is 5.73 Å². The van der Waals surface area contributed by atoms with Gasteiger partial charge in [-0.1, -0.05) is 31.4 Å². The molecule has 0 amide bonds. The zero-order valence-corrected chi connectivity index (χ0v) is 12.4. The van der Waals surface area contributed by atoms with E-state index in [-0.39, 0.29) is 0 Å². The largest absolute Gasteiger partial charge is 0.370 e. The minimum absolute atomic E-state index is 0.524. The van der Waals surface area contributed by atoms with Crippen molar-refractivity contribution in [2.24, 2.45) is 10.7 Å². The molecule has 1 fully saturated rings. The quantitative estimate of drug-likeness (QED) is 0.505. The van der Waals surface area contributed by atoms with Gasteiger partial charge in [-0.2, -0.15) is 0 Å². The summed E-state index contributed by atoms with van der Waals surface area (Å²) in [5.41, 5.74) is 7.14. The van der Waals surface area contributed by atoms with Gasteiger partial charge < -0.3 is 11.1 Å². The molecule has 0 radical (unpaired) electrons. The zero-order chi connectivity index (χ0) is 13.5. The molecule has 3 N–H and O–H groups in total. The molecule has 0 aromatic heterocycles. The molecular weight excluding hydrogens is 254 g/mol. The van der Waals surface area contributed by atoms with Gasteiger partial charge in [-0.3, -0.25) is 0 Å². The van der Waals surface area contributed by atoms with Gasteiger partial charge >= 0.3 is 0 Å². The van der Waals surface area contributed by atoms with Crippen LogP contribution < -0.4 is 11.1 Å². The Morgan fingerprint density at radius 1 is 1.26 bits per heavy atom. The average Bonchev–Trinajstić information content (AvgIpc) is 2.47. The van der Waals surface area contributed by atoms with Gasteiger partial charge in [0.1, 0.15) is 0 Å². The fourth-order valence-corrected chi connectivity index (χ4v) is 2.82. The van der Waals surface area contributed by atoms with Crippen molar-refractivity contribution >= 4 is 17.7 Å². The summed E-state index contributed by atoms with van der Waals surface area (Å²) in [6.45, 7) is 0.653. The first-order valence-corrected chi connectivity index (χ1v) is 8.20. The van der Waals surface area contributed by atoms with Gasteiger partial charge in [-0.05, 0) is 36.8 Å². The maximum absolute atomic E-state index is 5.94. The van der Waals surface area contributed by atoms with Gasteiger partial charge in [0.2, 0.25) is 0 Å². The van der Waals surface area contributed by atoms with Gasteiger partial charge in [0.15, 0.2) is 5.96 Å². The summed E-state index contributed by atoms with van der Waals surface area (Å²) in [7, 11) is 0. The molecule has 104 valence electrons. The van der Waals surface area contributed by atoms with Gasteiger partial charge in [0.25, 0.3) is 0 Å². The Labute approximate surface area is 120 Å². The van der Waals surface area contributed by atoms with E-state index in [2.05, 4.69) is 40.8 Å². The molecule has 1 aromatic rings. The molecule has 0 saturated heterocycles. The monoisotopic (exact) mass is 277 g/mol. The second kappa shape index (κ2) is 7.43. The SMILES string of the molecule is CSc1ccc(CN=C(N)NC2CCCCC2)cc1. The van der Waals surface area contributed by atoms with Crippen molar-refractivity contribution < 1.29 is 0 Å². The fraction of sp³-hybridized carbons (Fsp3) is 0.533. The number of nitrogens with zero attached hydrogens (tertiary/aromatic N) is 1.